The number of nitrogens with zero attached hydrogens (tertiary/aromatic N) is 4. The zero-order valence-corrected chi connectivity index (χ0v) is 20.4. The molecule has 2 saturated heterocycles. The summed E-state index contributed by atoms with van der Waals surface area (Å²) in [4.78, 5) is 15.7. The molecule has 34 heavy (non-hydrogen) atoms. The van der Waals surface area contributed by atoms with Crippen LogP contribution in [0.1, 0.15) is 24.8 Å². The average molecular weight is 489 g/mol. The van der Waals surface area contributed by atoms with Gasteiger partial charge in [-0.2, -0.15) is 4.31 Å². The van der Waals surface area contributed by atoms with Gasteiger partial charge in [-0.15, -0.1) is 0 Å². The molecule has 2 aliphatic rings. The van der Waals surface area contributed by atoms with Gasteiger partial charge in [0.25, 0.3) is 5.69 Å². The topological polar surface area (TPSA) is 96.2 Å². The van der Waals surface area contributed by atoms with Gasteiger partial charge in [0.1, 0.15) is 11.4 Å². The molecule has 0 saturated carbocycles. The predicted molar refractivity (Wildman–Crippen MR) is 131 cm³/mol. The lowest BCUT2D eigenvalue weighted by Crippen LogP contribution is -2.47. The number of piperazine rings is 1. The van der Waals surface area contributed by atoms with Gasteiger partial charge >= 0.3 is 0 Å². The van der Waals surface area contributed by atoms with E-state index in [0.717, 1.165) is 51.1 Å². The lowest BCUT2D eigenvalue weighted by atomic mass is 10.1. The molecule has 2 aliphatic heterocycles. The van der Waals surface area contributed by atoms with Gasteiger partial charge in [-0.3, -0.25) is 15.0 Å². The summed E-state index contributed by atoms with van der Waals surface area (Å²) < 4.78 is 32.6. The van der Waals surface area contributed by atoms with Crippen molar-refractivity contribution in [2.75, 3.05) is 57.8 Å². The highest BCUT2D eigenvalue weighted by atomic mass is 32.2. The van der Waals surface area contributed by atoms with E-state index in [1.807, 2.05) is 17.0 Å². The standard InChI is InChI=1S/C24H32N4O5S/c1-33-21-7-5-20(6-8-21)11-14-25-15-17-26(18-16-25)23-10-9-22(19-24(23)28(29)30)34(31,32)27-12-3-2-4-13-27/h5-10,19H,2-4,11-18H2,1H3. The van der Waals surface area contributed by atoms with E-state index in [1.165, 1.54) is 22.0 Å². The number of rotatable bonds is 8. The maximum atomic E-state index is 13.0. The van der Waals surface area contributed by atoms with Crippen LogP contribution in [0.4, 0.5) is 11.4 Å². The number of ether oxygens (including phenoxy) is 1. The van der Waals surface area contributed by atoms with E-state index in [9.17, 15) is 18.5 Å². The van der Waals surface area contributed by atoms with Crippen molar-refractivity contribution in [3.8, 4) is 5.75 Å². The largest absolute Gasteiger partial charge is 0.497 e. The molecule has 2 fully saturated rings. The molecule has 2 aromatic carbocycles. The Morgan fingerprint density at radius 2 is 1.62 bits per heavy atom. The van der Waals surface area contributed by atoms with Crippen LogP contribution < -0.4 is 9.64 Å². The van der Waals surface area contributed by atoms with Gasteiger partial charge in [-0.25, -0.2) is 8.42 Å². The molecule has 0 spiro atoms. The third kappa shape index (κ3) is 5.51. The first-order valence-corrected chi connectivity index (χ1v) is 13.2. The van der Waals surface area contributed by atoms with E-state index < -0.39 is 14.9 Å². The predicted octanol–water partition coefficient (Wildman–Crippen LogP) is 3.14. The number of nitro groups is 1. The molecular weight excluding hydrogens is 456 g/mol. The summed E-state index contributed by atoms with van der Waals surface area (Å²) in [6, 6.07) is 12.4. The summed E-state index contributed by atoms with van der Waals surface area (Å²) in [7, 11) is -2.07. The van der Waals surface area contributed by atoms with Crippen LogP contribution in [0.15, 0.2) is 47.4 Å². The van der Waals surface area contributed by atoms with Crippen LogP contribution >= 0.6 is 0 Å². The molecule has 0 radical (unpaired) electrons. The third-order valence-electron chi connectivity index (χ3n) is 6.69. The number of nitro benzene ring substituents is 1. The molecule has 0 N–H and O–H groups in total. The quantitative estimate of drug-likeness (QED) is 0.416. The van der Waals surface area contributed by atoms with Crippen LogP contribution in [0.2, 0.25) is 0 Å². The normalized spacial score (nSPS) is 18.1. The summed E-state index contributed by atoms with van der Waals surface area (Å²) >= 11 is 0. The second kappa shape index (κ2) is 10.7. The van der Waals surface area contributed by atoms with Gasteiger partial charge < -0.3 is 9.64 Å². The minimum absolute atomic E-state index is 0.00276. The van der Waals surface area contributed by atoms with Gasteiger partial charge in [0, 0.05) is 51.9 Å². The van der Waals surface area contributed by atoms with E-state index in [2.05, 4.69) is 17.0 Å². The van der Waals surface area contributed by atoms with Crippen LogP contribution in [0.5, 0.6) is 5.75 Å². The van der Waals surface area contributed by atoms with Crippen molar-refractivity contribution < 1.29 is 18.1 Å². The molecule has 0 aromatic heterocycles. The van der Waals surface area contributed by atoms with Gasteiger partial charge in [-0.05, 0) is 49.1 Å². The molecule has 9 nitrogen and oxygen atoms in total. The number of piperidine rings is 1. The number of hydrogen-bond acceptors (Lipinski definition) is 7. The van der Waals surface area contributed by atoms with Gasteiger partial charge in [0.15, 0.2) is 0 Å². The maximum absolute atomic E-state index is 13.0. The minimum atomic E-state index is -3.72. The SMILES string of the molecule is COc1ccc(CCN2CCN(c3ccc(S(=O)(=O)N4CCCCC4)cc3[N+](=O)[O-])CC2)cc1. The Kier molecular flexibility index (Phi) is 7.70. The van der Waals surface area contributed by atoms with E-state index in [-0.39, 0.29) is 10.6 Å². The maximum Gasteiger partial charge on any atom is 0.293 e. The number of anilines is 1. The lowest BCUT2D eigenvalue weighted by molar-refractivity contribution is -0.384. The van der Waals surface area contributed by atoms with Gasteiger partial charge in [-0.1, -0.05) is 18.6 Å². The van der Waals surface area contributed by atoms with Crippen molar-refractivity contribution in [3.05, 3.63) is 58.1 Å². The summed E-state index contributed by atoms with van der Waals surface area (Å²) in [5.41, 5.74) is 1.58. The number of hydrogen-bond donors (Lipinski definition) is 0. The van der Waals surface area contributed by atoms with Crippen LogP contribution in [0.3, 0.4) is 0 Å². The molecule has 0 aliphatic carbocycles. The highest BCUT2D eigenvalue weighted by Crippen LogP contribution is 2.33. The van der Waals surface area contributed by atoms with Crippen LogP contribution in [0, 0.1) is 10.1 Å². The minimum Gasteiger partial charge on any atom is -0.497 e. The Balaban J connectivity index is 1.40. The third-order valence-corrected chi connectivity index (χ3v) is 8.58. The molecule has 0 atom stereocenters. The zero-order chi connectivity index (χ0) is 24.1. The van der Waals surface area contributed by atoms with Crippen molar-refractivity contribution >= 4 is 21.4 Å². The fourth-order valence-corrected chi connectivity index (χ4v) is 6.16. The second-order valence-corrected chi connectivity index (χ2v) is 10.7. The Hall–Kier alpha value is -2.69. The Morgan fingerprint density at radius 1 is 0.941 bits per heavy atom. The Labute approximate surface area is 201 Å². The summed E-state index contributed by atoms with van der Waals surface area (Å²) in [6.07, 6.45) is 3.58. The first kappa shape index (κ1) is 24.4. The Bertz CT molecular complexity index is 1090. The monoisotopic (exact) mass is 488 g/mol. The van der Waals surface area contributed by atoms with E-state index in [4.69, 9.17) is 4.74 Å². The first-order chi connectivity index (χ1) is 16.4. The molecule has 2 heterocycles. The summed E-state index contributed by atoms with van der Waals surface area (Å²) in [6.45, 7) is 4.74. The van der Waals surface area contributed by atoms with Crippen LogP contribution in [0.25, 0.3) is 0 Å². The number of benzene rings is 2. The van der Waals surface area contributed by atoms with E-state index >= 15 is 0 Å². The molecule has 184 valence electrons. The van der Waals surface area contributed by atoms with Gasteiger partial charge in [0.2, 0.25) is 10.0 Å². The molecule has 2 aromatic rings. The molecule has 0 amide bonds. The number of sulfonamides is 1. The molecule has 4 rings (SSSR count). The summed E-state index contributed by atoms with van der Waals surface area (Å²) in [5.74, 6) is 0.841. The average Bonchev–Trinajstić information content (AvgIpc) is 2.88. The zero-order valence-electron chi connectivity index (χ0n) is 19.6. The fraction of sp³-hybridized carbons (Fsp3) is 0.500. The van der Waals surface area contributed by atoms with Crippen molar-refractivity contribution in [1.29, 1.82) is 0 Å². The fourth-order valence-electron chi connectivity index (χ4n) is 4.62. The highest BCUT2D eigenvalue weighted by molar-refractivity contribution is 7.89. The van der Waals surface area contributed by atoms with E-state index in [1.54, 1.807) is 13.2 Å². The Morgan fingerprint density at radius 3 is 2.24 bits per heavy atom. The van der Waals surface area contributed by atoms with Gasteiger partial charge in [0.05, 0.1) is 16.9 Å². The molecule has 0 bridgehead atoms. The second-order valence-electron chi connectivity index (χ2n) is 8.80. The van der Waals surface area contributed by atoms with Crippen molar-refractivity contribution in [2.45, 2.75) is 30.6 Å². The molecule has 0 unspecified atom stereocenters. The lowest BCUT2D eigenvalue weighted by Gasteiger charge is -2.36. The van der Waals surface area contributed by atoms with Crippen LogP contribution in [-0.2, 0) is 16.4 Å². The molecule has 10 heteroatoms. The first-order valence-electron chi connectivity index (χ1n) is 11.8. The van der Waals surface area contributed by atoms with Crippen LogP contribution in [-0.4, -0.2) is 75.5 Å². The van der Waals surface area contributed by atoms with E-state index in [0.29, 0.717) is 31.9 Å². The van der Waals surface area contributed by atoms with Crippen molar-refractivity contribution in [1.82, 2.24) is 9.21 Å². The summed E-state index contributed by atoms with van der Waals surface area (Å²) in [5, 5.41) is 11.8. The van der Waals surface area contributed by atoms with Crippen molar-refractivity contribution in [3.63, 3.8) is 0 Å². The molecular formula is C24H32N4O5S. The number of methoxy groups -OCH3 is 1. The highest BCUT2D eigenvalue weighted by Gasteiger charge is 2.30. The van der Waals surface area contributed by atoms with Crippen molar-refractivity contribution in [2.24, 2.45) is 0 Å². The smallest absolute Gasteiger partial charge is 0.293 e.